The van der Waals surface area contributed by atoms with Crippen molar-refractivity contribution in [1.29, 1.82) is 0 Å². The van der Waals surface area contributed by atoms with Crippen molar-refractivity contribution in [2.75, 3.05) is 11.1 Å². The van der Waals surface area contributed by atoms with Crippen molar-refractivity contribution >= 4 is 34.0 Å². The highest BCUT2D eigenvalue weighted by Gasteiger charge is 2.12. The molecule has 2 heterocycles. The Morgan fingerprint density at radius 1 is 1.35 bits per heavy atom. The predicted molar refractivity (Wildman–Crippen MR) is 90.5 cm³/mol. The summed E-state index contributed by atoms with van der Waals surface area (Å²) in [5, 5.41) is 9.03. The van der Waals surface area contributed by atoms with Crippen molar-refractivity contribution in [3.63, 3.8) is 0 Å². The van der Waals surface area contributed by atoms with Crippen molar-refractivity contribution in [3.8, 4) is 0 Å². The number of fused-ring (bicyclic) bond motifs is 1. The molecule has 118 valence electrons. The molecule has 7 nitrogen and oxygen atoms in total. The maximum Gasteiger partial charge on any atom is 0.274 e. The van der Waals surface area contributed by atoms with Crippen LogP contribution in [0.15, 0.2) is 41.6 Å². The van der Waals surface area contributed by atoms with E-state index in [4.69, 9.17) is 17.3 Å². The molecule has 3 rings (SSSR count). The lowest BCUT2D eigenvalue weighted by molar-refractivity contribution is 0.536. The molecule has 3 N–H and O–H groups in total. The Balaban J connectivity index is 1.83. The molecule has 0 aliphatic heterocycles. The summed E-state index contributed by atoms with van der Waals surface area (Å²) in [5.41, 5.74) is 5.51. The van der Waals surface area contributed by atoms with E-state index < -0.39 is 0 Å². The number of hydrogen-bond donors (Lipinski definition) is 2. The van der Waals surface area contributed by atoms with E-state index in [1.54, 1.807) is 12.3 Å². The number of nitrogen functional groups attached to an aromatic ring is 1. The zero-order chi connectivity index (χ0) is 16.4. The number of aromatic nitrogens is 4. The second-order valence-electron chi connectivity index (χ2n) is 5.19. The van der Waals surface area contributed by atoms with Gasteiger partial charge in [-0.25, -0.2) is 14.6 Å². The number of nitrogens with zero attached hydrogens (tertiary/aromatic N) is 4. The number of hydrogen-bond acceptors (Lipinski definition) is 6. The van der Waals surface area contributed by atoms with E-state index in [9.17, 15) is 4.79 Å². The summed E-state index contributed by atoms with van der Waals surface area (Å²) in [7, 11) is 0. The van der Waals surface area contributed by atoms with E-state index >= 15 is 0 Å². The fourth-order valence-electron chi connectivity index (χ4n) is 2.28. The molecule has 0 aliphatic rings. The summed E-state index contributed by atoms with van der Waals surface area (Å²) >= 11 is 6.05. The van der Waals surface area contributed by atoms with E-state index in [0.717, 1.165) is 5.39 Å². The number of anilines is 2. The van der Waals surface area contributed by atoms with Crippen LogP contribution in [0.25, 0.3) is 10.8 Å². The van der Waals surface area contributed by atoms with Crippen LogP contribution >= 0.6 is 11.6 Å². The van der Waals surface area contributed by atoms with Crippen molar-refractivity contribution < 1.29 is 0 Å². The number of nitrogens with two attached hydrogens (primary N) is 1. The molecule has 0 aliphatic carbocycles. The minimum Gasteiger partial charge on any atom is -0.382 e. The molecule has 1 aromatic carbocycles. The molecule has 0 saturated carbocycles. The van der Waals surface area contributed by atoms with E-state index in [0.29, 0.717) is 17.7 Å². The fraction of sp³-hybridized carbons (Fsp3) is 0.200. The molecule has 0 amide bonds. The van der Waals surface area contributed by atoms with Crippen LogP contribution in [0.1, 0.15) is 6.92 Å². The number of benzene rings is 1. The van der Waals surface area contributed by atoms with Gasteiger partial charge in [-0.2, -0.15) is 5.10 Å². The Bertz CT molecular complexity index is 910. The molecular weight excluding hydrogens is 316 g/mol. The fourth-order valence-corrected chi connectivity index (χ4v) is 2.43. The molecular formula is C15H15ClN6O. The predicted octanol–water partition coefficient (Wildman–Crippen LogP) is 1.92. The molecule has 1 unspecified atom stereocenters. The van der Waals surface area contributed by atoms with Gasteiger partial charge >= 0.3 is 0 Å². The van der Waals surface area contributed by atoms with Crippen LogP contribution in [0.3, 0.4) is 0 Å². The average Bonchev–Trinajstić information content (AvgIpc) is 2.55. The van der Waals surface area contributed by atoms with Gasteiger partial charge in [0.05, 0.1) is 18.1 Å². The summed E-state index contributed by atoms with van der Waals surface area (Å²) in [4.78, 5) is 20.3. The zero-order valence-corrected chi connectivity index (χ0v) is 13.2. The molecule has 23 heavy (non-hydrogen) atoms. The van der Waals surface area contributed by atoms with Gasteiger partial charge in [0.15, 0.2) is 5.82 Å². The molecule has 3 aromatic rings. The quantitative estimate of drug-likeness (QED) is 0.758. The zero-order valence-electron chi connectivity index (χ0n) is 12.4. The highest BCUT2D eigenvalue weighted by molar-refractivity contribution is 6.35. The number of halogens is 1. The summed E-state index contributed by atoms with van der Waals surface area (Å²) in [6, 6.07) is 7.22. The number of nitrogens with one attached hydrogen (secondary N) is 1. The second kappa shape index (κ2) is 6.21. The van der Waals surface area contributed by atoms with Gasteiger partial charge in [0.1, 0.15) is 17.2 Å². The van der Waals surface area contributed by atoms with Gasteiger partial charge in [-0.1, -0.05) is 29.8 Å². The normalized spacial score (nSPS) is 12.3. The highest BCUT2D eigenvalue weighted by Crippen LogP contribution is 2.23. The van der Waals surface area contributed by atoms with Crippen LogP contribution in [0.4, 0.5) is 11.6 Å². The third-order valence-corrected chi connectivity index (χ3v) is 3.78. The van der Waals surface area contributed by atoms with Crippen molar-refractivity contribution in [1.82, 2.24) is 19.7 Å². The van der Waals surface area contributed by atoms with E-state index in [1.165, 1.54) is 11.0 Å². The third kappa shape index (κ3) is 3.09. The van der Waals surface area contributed by atoms with Crippen LogP contribution in [-0.4, -0.2) is 25.8 Å². The number of rotatable bonds is 4. The Labute approximate surface area is 137 Å². The van der Waals surface area contributed by atoms with E-state index in [2.05, 4.69) is 20.4 Å². The van der Waals surface area contributed by atoms with Crippen molar-refractivity contribution in [3.05, 3.63) is 52.2 Å². The topological polar surface area (TPSA) is 98.7 Å². The Morgan fingerprint density at radius 3 is 2.96 bits per heavy atom. The minimum atomic E-state index is -0.134. The molecule has 0 saturated heterocycles. The van der Waals surface area contributed by atoms with Crippen LogP contribution in [-0.2, 0) is 6.54 Å². The first-order chi connectivity index (χ1) is 11.1. The monoisotopic (exact) mass is 330 g/mol. The molecule has 1 atom stereocenters. The van der Waals surface area contributed by atoms with Crippen molar-refractivity contribution in [2.24, 2.45) is 0 Å². The lowest BCUT2D eigenvalue weighted by Crippen LogP contribution is -2.31. The lowest BCUT2D eigenvalue weighted by Gasteiger charge is -2.16. The third-order valence-electron chi connectivity index (χ3n) is 3.41. The van der Waals surface area contributed by atoms with E-state index in [-0.39, 0.29) is 22.4 Å². The molecule has 0 fully saturated rings. The summed E-state index contributed by atoms with van der Waals surface area (Å²) in [6.07, 6.45) is 3.01. The first-order valence-electron chi connectivity index (χ1n) is 7.03. The highest BCUT2D eigenvalue weighted by atomic mass is 35.5. The van der Waals surface area contributed by atoms with Crippen molar-refractivity contribution in [2.45, 2.75) is 19.5 Å². The maximum absolute atomic E-state index is 12.4. The molecule has 0 radical (unpaired) electrons. The molecule has 2 aromatic heterocycles. The average molecular weight is 331 g/mol. The summed E-state index contributed by atoms with van der Waals surface area (Å²) in [6.45, 7) is 2.27. The first kappa shape index (κ1) is 15.2. The SMILES string of the molecule is CC(Cn1ncc2ccccc2c1=O)Nc1ncnc(N)c1Cl. The lowest BCUT2D eigenvalue weighted by atomic mass is 10.2. The van der Waals surface area contributed by atoms with Crippen LogP contribution in [0, 0.1) is 0 Å². The molecule has 0 spiro atoms. The van der Waals surface area contributed by atoms with Gasteiger partial charge in [0.25, 0.3) is 5.56 Å². The van der Waals surface area contributed by atoms with Gasteiger partial charge in [0, 0.05) is 11.4 Å². The smallest absolute Gasteiger partial charge is 0.274 e. The first-order valence-corrected chi connectivity index (χ1v) is 7.41. The van der Waals surface area contributed by atoms with Gasteiger partial charge in [-0.15, -0.1) is 0 Å². The van der Waals surface area contributed by atoms with Crippen LogP contribution in [0.5, 0.6) is 0 Å². The van der Waals surface area contributed by atoms with Crippen LogP contribution < -0.4 is 16.6 Å². The van der Waals surface area contributed by atoms with Gasteiger partial charge < -0.3 is 11.1 Å². The summed E-state index contributed by atoms with van der Waals surface area (Å²) < 4.78 is 1.42. The van der Waals surface area contributed by atoms with E-state index in [1.807, 2.05) is 25.1 Å². The molecule has 0 bridgehead atoms. The minimum absolute atomic E-state index is 0.131. The van der Waals surface area contributed by atoms with Gasteiger partial charge in [-0.05, 0) is 13.0 Å². The van der Waals surface area contributed by atoms with Gasteiger partial charge in [-0.3, -0.25) is 4.79 Å². The largest absolute Gasteiger partial charge is 0.382 e. The second-order valence-corrected chi connectivity index (χ2v) is 5.56. The van der Waals surface area contributed by atoms with Gasteiger partial charge in [0.2, 0.25) is 0 Å². The Hall–Kier alpha value is -2.67. The Morgan fingerprint density at radius 2 is 2.13 bits per heavy atom. The standard InChI is InChI=1S/C15H15ClN6O/c1-9(21-14-12(16)13(17)18-8-19-14)7-22-15(23)11-5-3-2-4-10(11)6-20-22/h2-6,8-9H,7H2,1H3,(H3,17,18,19,21). The van der Waals surface area contributed by atoms with Crippen LogP contribution in [0.2, 0.25) is 5.02 Å². The maximum atomic E-state index is 12.4. The molecule has 8 heteroatoms. The summed E-state index contributed by atoms with van der Waals surface area (Å²) in [5.74, 6) is 0.637. The Kier molecular flexibility index (Phi) is 4.12.